The van der Waals surface area contributed by atoms with Crippen LogP contribution in [0.5, 0.6) is 11.5 Å². The van der Waals surface area contributed by atoms with Crippen molar-refractivity contribution in [1.29, 1.82) is 5.26 Å². The van der Waals surface area contributed by atoms with Gasteiger partial charge in [-0.15, -0.1) is 0 Å². The third kappa shape index (κ3) is 3.85. The summed E-state index contributed by atoms with van der Waals surface area (Å²) in [6.07, 6.45) is 0. The summed E-state index contributed by atoms with van der Waals surface area (Å²) in [5.41, 5.74) is 7.10. The van der Waals surface area contributed by atoms with E-state index in [1.165, 1.54) is 42.5 Å². The molecule has 0 radical (unpaired) electrons. The fourth-order valence-electron chi connectivity index (χ4n) is 3.41. The van der Waals surface area contributed by atoms with Crippen LogP contribution >= 0.6 is 0 Å². The molecule has 1 heterocycles. The first-order valence-corrected chi connectivity index (χ1v) is 9.31. The highest BCUT2D eigenvalue weighted by atomic mass is 19.1. The fraction of sp³-hybridized carbons (Fsp3) is 0.0435. The lowest BCUT2D eigenvalue weighted by molar-refractivity contribution is -0.384. The zero-order chi connectivity index (χ0) is 22.8. The predicted octanol–water partition coefficient (Wildman–Crippen LogP) is 4.17. The van der Waals surface area contributed by atoms with E-state index in [1.807, 2.05) is 6.07 Å². The van der Waals surface area contributed by atoms with E-state index in [1.54, 1.807) is 18.2 Å². The number of hydrogen-bond donors (Lipinski definition) is 1. The molecule has 1 atom stereocenters. The normalized spacial score (nSPS) is 14.7. The summed E-state index contributed by atoms with van der Waals surface area (Å²) in [4.78, 5) is 22.7. The van der Waals surface area contributed by atoms with Crippen molar-refractivity contribution in [3.63, 3.8) is 0 Å². The first-order chi connectivity index (χ1) is 15.4. The zero-order valence-electron chi connectivity index (χ0n) is 16.3. The molecule has 0 amide bonds. The van der Waals surface area contributed by atoms with Crippen LogP contribution in [-0.2, 0) is 0 Å². The van der Waals surface area contributed by atoms with Crippen molar-refractivity contribution in [2.45, 2.75) is 5.92 Å². The molecule has 1 aliphatic rings. The van der Waals surface area contributed by atoms with Gasteiger partial charge in [-0.1, -0.05) is 24.3 Å². The molecule has 1 aliphatic heterocycles. The van der Waals surface area contributed by atoms with E-state index < -0.39 is 22.6 Å². The molecular formula is C23H14FN3O5. The summed E-state index contributed by atoms with van der Waals surface area (Å²) < 4.78 is 24.3. The lowest BCUT2D eigenvalue weighted by Gasteiger charge is -2.26. The van der Waals surface area contributed by atoms with E-state index in [-0.39, 0.29) is 34.2 Å². The lowest BCUT2D eigenvalue weighted by atomic mass is 9.83. The first kappa shape index (κ1) is 20.6. The lowest BCUT2D eigenvalue weighted by Crippen LogP contribution is -2.21. The van der Waals surface area contributed by atoms with Crippen LogP contribution in [0.2, 0.25) is 0 Å². The number of ether oxygens (including phenoxy) is 2. The van der Waals surface area contributed by atoms with Crippen LogP contribution in [0.15, 0.2) is 78.2 Å². The van der Waals surface area contributed by atoms with Gasteiger partial charge in [-0.05, 0) is 29.8 Å². The number of nitrogens with zero attached hydrogens (tertiary/aromatic N) is 2. The molecule has 158 valence electrons. The number of halogens is 1. The Morgan fingerprint density at radius 1 is 1.16 bits per heavy atom. The van der Waals surface area contributed by atoms with Gasteiger partial charge in [0.25, 0.3) is 5.69 Å². The number of non-ortho nitro benzene ring substituents is 1. The number of benzene rings is 3. The van der Waals surface area contributed by atoms with Gasteiger partial charge in [0.05, 0.1) is 16.4 Å². The van der Waals surface area contributed by atoms with Gasteiger partial charge in [0.2, 0.25) is 5.88 Å². The van der Waals surface area contributed by atoms with E-state index in [0.29, 0.717) is 11.1 Å². The molecule has 32 heavy (non-hydrogen) atoms. The topological polar surface area (TPSA) is 128 Å². The number of hydrogen-bond acceptors (Lipinski definition) is 7. The van der Waals surface area contributed by atoms with Crippen LogP contribution in [0, 0.1) is 27.3 Å². The second kappa shape index (κ2) is 8.20. The van der Waals surface area contributed by atoms with Gasteiger partial charge in [0.1, 0.15) is 29.0 Å². The molecule has 4 rings (SSSR count). The zero-order valence-corrected chi connectivity index (χ0v) is 16.3. The number of nitro groups is 1. The molecule has 0 aromatic heterocycles. The number of carbonyl (C=O) groups excluding carboxylic acids is 1. The van der Waals surface area contributed by atoms with Crippen molar-refractivity contribution in [3.8, 4) is 17.6 Å². The van der Waals surface area contributed by atoms with Crippen LogP contribution < -0.4 is 15.2 Å². The Kier molecular flexibility index (Phi) is 5.27. The van der Waals surface area contributed by atoms with E-state index in [9.17, 15) is 24.6 Å². The molecule has 0 bridgehead atoms. The van der Waals surface area contributed by atoms with Crippen LogP contribution in [0.1, 0.15) is 27.4 Å². The van der Waals surface area contributed by atoms with Crippen LogP contribution in [0.25, 0.3) is 0 Å². The molecule has 3 aromatic rings. The molecular weight excluding hydrogens is 417 g/mol. The van der Waals surface area contributed by atoms with Gasteiger partial charge in [0, 0.05) is 23.8 Å². The fourth-order valence-corrected chi connectivity index (χ4v) is 3.41. The number of nitrogens with two attached hydrogens (primary N) is 1. The van der Waals surface area contributed by atoms with Gasteiger partial charge >= 0.3 is 5.97 Å². The van der Waals surface area contributed by atoms with Crippen molar-refractivity contribution < 1.29 is 23.6 Å². The maximum Gasteiger partial charge on any atom is 0.343 e. The molecule has 0 saturated heterocycles. The summed E-state index contributed by atoms with van der Waals surface area (Å²) in [5.74, 6) is -1.53. The minimum atomic E-state index is -0.791. The average Bonchev–Trinajstić information content (AvgIpc) is 2.78. The smallest absolute Gasteiger partial charge is 0.343 e. The Bertz CT molecular complexity index is 1310. The van der Waals surface area contributed by atoms with Crippen LogP contribution in [0.4, 0.5) is 10.1 Å². The van der Waals surface area contributed by atoms with Gasteiger partial charge in [0.15, 0.2) is 0 Å². The number of nitro benzene ring substituents is 1. The van der Waals surface area contributed by atoms with Crippen molar-refractivity contribution in [1.82, 2.24) is 0 Å². The SMILES string of the molecule is N#CC1=C(N)Oc2cc(OC(=O)c3cccc([N+](=O)[O-])c3)ccc2C1c1ccc(F)cc1. The molecule has 0 fully saturated rings. The number of nitriles is 1. The molecule has 8 nitrogen and oxygen atoms in total. The number of rotatable bonds is 4. The van der Waals surface area contributed by atoms with Crippen LogP contribution in [-0.4, -0.2) is 10.9 Å². The summed E-state index contributed by atoms with van der Waals surface area (Å²) >= 11 is 0. The number of carbonyl (C=O) groups is 1. The number of allylic oxidation sites excluding steroid dienone is 1. The third-order valence-electron chi connectivity index (χ3n) is 4.90. The van der Waals surface area contributed by atoms with Gasteiger partial charge in [-0.2, -0.15) is 5.26 Å². The average molecular weight is 431 g/mol. The van der Waals surface area contributed by atoms with Gasteiger partial charge < -0.3 is 15.2 Å². The standard InChI is InChI=1S/C23H14FN3O5/c24-15-6-4-13(5-7-15)21-18-9-8-17(11-20(18)32-22(26)19(21)12-25)31-23(28)14-2-1-3-16(10-14)27(29)30/h1-11,21H,26H2. The van der Waals surface area contributed by atoms with Crippen molar-refractivity contribution in [2.24, 2.45) is 5.73 Å². The molecule has 9 heteroatoms. The molecule has 1 unspecified atom stereocenters. The molecule has 0 saturated carbocycles. The highest BCUT2D eigenvalue weighted by molar-refractivity contribution is 5.91. The summed E-state index contributed by atoms with van der Waals surface area (Å²) in [6, 6.07) is 17.4. The Morgan fingerprint density at radius 3 is 2.59 bits per heavy atom. The number of fused-ring (bicyclic) bond motifs is 1. The Hall–Kier alpha value is -4.71. The van der Waals surface area contributed by atoms with Crippen molar-refractivity contribution in [3.05, 3.63) is 111 Å². The van der Waals surface area contributed by atoms with Crippen LogP contribution in [0.3, 0.4) is 0 Å². The monoisotopic (exact) mass is 431 g/mol. The Labute approximate surface area is 181 Å². The Morgan fingerprint density at radius 2 is 1.91 bits per heavy atom. The largest absolute Gasteiger partial charge is 0.440 e. The van der Waals surface area contributed by atoms with E-state index in [4.69, 9.17) is 15.2 Å². The molecule has 0 aliphatic carbocycles. The molecule has 2 N–H and O–H groups in total. The van der Waals surface area contributed by atoms with Crippen molar-refractivity contribution >= 4 is 11.7 Å². The number of esters is 1. The maximum atomic E-state index is 13.4. The highest BCUT2D eigenvalue weighted by Gasteiger charge is 2.31. The minimum absolute atomic E-state index is 0.00760. The summed E-state index contributed by atoms with van der Waals surface area (Å²) in [7, 11) is 0. The van der Waals surface area contributed by atoms with Gasteiger partial charge in [-0.3, -0.25) is 10.1 Å². The van der Waals surface area contributed by atoms with E-state index in [2.05, 4.69) is 0 Å². The third-order valence-corrected chi connectivity index (χ3v) is 4.90. The Balaban J connectivity index is 1.67. The van der Waals surface area contributed by atoms with E-state index >= 15 is 0 Å². The van der Waals surface area contributed by atoms with Gasteiger partial charge in [-0.25, -0.2) is 9.18 Å². The van der Waals surface area contributed by atoms with Crippen molar-refractivity contribution in [2.75, 3.05) is 0 Å². The predicted molar refractivity (Wildman–Crippen MR) is 110 cm³/mol. The minimum Gasteiger partial charge on any atom is -0.440 e. The first-order valence-electron chi connectivity index (χ1n) is 9.31. The quantitative estimate of drug-likeness (QED) is 0.284. The second-order valence-electron chi connectivity index (χ2n) is 6.87. The molecule has 0 spiro atoms. The highest BCUT2D eigenvalue weighted by Crippen LogP contribution is 2.43. The van der Waals surface area contributed by atoms with E-state index in [0.717, 1.165) is 6.07 Å². The molecule has 3 aromatic carbocycles. The maximum absolute atomic E-state index is 13.4. The summed E-state index contributed by atoms with van der Waals surface area (Å²) in [5, 5.41) is 20.5. The summed E-state index contributed by atoms with van der Waals surface area (Å²) in [6.45, 7) is 0. The second-order valence-corrected chi connectivity index (χ2v) is 6.87.